The Hall–Kier alpha value is -1.10. The van der Waals surface area contributed by atoms with Gasteiger partial charge >= 0.3 is 0 Å². The van der Waals surface area contributed by atoms with E-state index in [1.54, 1.807) is 12.1 Å². The molecule has 108 valence electrons. The summed E-state index contributed by atoms with van der Waals surface area (Å²) in [5, 5.41) is 0.310. The number of imidazole rings is 1. The minimum atomic E-state index is -0.321. The molecule has 1 heterocycles. The fourth-order valence-electron chi connectivity index (χ4n) is 2.23. The first-order chi connectivity index (χ1) is 9.97. The van der Waals surface area contributed by atoms with E-state index in [9.17, 15) is 4.39 Å². The van der Waals surface area contributed by atoms with Gasteiger partial charge in [0, 0.05) is 16.2 Å². The molecule has 0 N–H and O–H groups in total. The summed E-state index contributed by atoms with van der Waals surface area (Å²) in [6.07, 6.45) is 0. The Balaban J connectivity index is 2.33. The summed E-state index contributed by atoms with van der Waals surface area (Å²) in [4.78, 5) is 4.44. The van der Waals surface area contributed by atoms with E-state index in [-0.39, 0.29) is 11.2 Å². The zero-order chi connectivity index (χ0) is 15.1. The molecule has 0 radical (unpaired) electrons. The zero-order valence-corrected chi connectivity index (χ0v) is 14.0. The number of rotatable bonds is 2. The van der Waals surface area contributed by atoms with Crippen LogP contribution in [0, 0.1) is 5.82 Å². The monoisotopic (exact) mass is 386 g/mol. The average Bonchev–Trinajstić information content (AvgIpc) is 2.80. The van der Waals surface area contributed by atoms with Crippen molar-refractivity contribution in [2.24, 2.45) is 0 Å². The zero-order valence-electron chi connectivity index (χ0n) is 10.9. The van der Waals surface area contributed by atoms with Crippen LogP contribution in [-0.4, -0.2) is 9.55 Å². The van der Waals surface area contributed by atoms with Gasteiger partial charge in [-0.3, -0.25) is 4.57 Å². The molecule has 1 aromatic heterocycles. The quantitative estimate of drug-likeness (QED) is 0.502. The van der Waals surface area contributed by atoms with Crippen molar-refractivity contribution < 1.29 is 4.39 Å². The maximum atomic E-state index is 13.4. The van der Waals surface area contributed by atoms with Gasteiger partial charge in [0.2, 0.25) is 0 Å². The molecule has 0 bridgehead atoms. The van der Waals surface area contributed by atoms with Crippen molar-refractivity contribution in [2.75, 3.05) is 0 Å². The predicted octanol–water partition coefficient (Wildman–Crippen LogP) is 5.88. The average molecular weight is 388 g/mol. The summed E-state index contributed by atoms with van der Waals surface area (Å²) < 4.78 is 16.1. The summed E-state index contributed by atoms with van der Waals surface area (Å²) in [7, 11) is 0. The van der Waals surface area contributed by atoms with Gasteiger partial charge in [-0.25, -0.2) is 9.37 Å². The maximum absolute atomic E-state index is 13.4. The fraction of sp³-hybridized carbons (Fsp3) is 0.133. The highest BCUT2D eigenvalue weighted by Crippen LogP contribution is 2.31. The summed E-state index contributed by atoms with van der Waals surface area (Å²) >= 11 is 15.7. The topological polar surface area (TPSA) is 17.8 Å². The first kappa shape index (κ1) is 14.8. The van der Waals surface area contributed by atoms with E-state index in [1.165, 1.54) is 12.1 Å². The standard InChI is InChI=1S/C15H10BrCl2FN2/c1-8(17)15-20-13-6-9(19)2-5-14(13)21(15)10-3-4-12(18)11(16)7-10/h2-8H,1H3. The number of alkyl halides is 1. The third kappa shape index (κ3) is 2.68. The minimum absolute atomic E-state index is 0.310. The van der Waals surface area contributed by atoms with Gasteiger partial charge in [0.15, 0.2) is 0 Å². The van der Waals surface area contributed by atoms with Crippen molar-refractivity contribution in [3.8, 4) is 5.69 Å². The van der Waals surface area contributed by atoms with Gasteiger partial charge in [-0.2, -0.15) is 0 Å². The molecule has 2 aromatic carbocycles. The molecule has 21 heavy (non-hydrogen) atoms. The molecule has 0 aliphatic carbocycles. The molecule has 6 heteroatoms. The number of fused-ring (bicyclic) bond motifs is 1. The molecule has 0 aliphatic rings. The minimum Gasteiger partial charge on any atom is -0.295 e. The smallest absolute Gasteiger partial charge is 0.132 e. The van der Waals surface area contributed by atoms with E-state index >= 15 is 0 Å². The van der Waals surface area contributed by atoms with Crippen molar-refractivity contribution in [3.05, 3.63) is 57.5 Å². The molecule has 0 saturated heterocycles. The van der Waals surface area contributed by atoms with Gasteiger partial charge in [0.1, 0.15) is 11.6 Å². The van der Waals surface area contributed by atoms with E-state index in [2.05, 4.69) is 20.9 Å². The van der Waals surface area contributed by atoms with Crippen LogP contribution in [0.15, 0.2) is 40.9 Å². The Morgan fingerprint density at radius 3 is 2.67 bits per heavy atom. The lowest BCUT2D eigenvalue weighted by molar-refractivity contribution is 0.629. The predicted molar refractivity (Wildman–Crippen MR) is 88.0 cm³/mol. The van der Waals surface area contributed by atoms with Gasteiger partial charge in [-0.05, 0) is 53.2 Å². The molecule has 1 unspecified atom stereocenters. The van der Waals surface area contributed by atoms with Gasteiger partial charge < -0.3 is 0 Å². The van der Waals surface area contributed by atoms with Crippen LogP contribution < -0.4 is 0 Å². The van der Waals surface area contributed by atoms with Crippen molar-refractivity contribution in [1.29, 1.82) is 0 Å². The molecule has 1 atom stereocenters. The lowest BCUT2D eigenvalue weighted by atomic mass is 10.2. The first-order valence-corrected chi connectivity index (χ1v) is 7.85. The van der Waals surface area contributed by atoms with Crippen molar-refractivity contribution in [3.63, 3.8) is 0 Å². The van der Waals surface area contributed by atoms with Crippen molar-refractivity contribution in [2.45, 2.75) is 12.3 Å². The molecule has 0 saturated carbocycles. The SMILES string of the molecule is CC(Cl)c1nc2cc(F)ccc2n1-c1ccc(Cl)c(Br)c1. The van der Waals surface area contributed by atoms with Crippen LogP contribution in [0.1, 0.15) is 18.1 Å². The summed E-state index contributed by atoms with van der Waals surface area (Å²) in [6.45, 7) is 1.83. The van der Waals surface area contributed by atoms with E-state index < -0.39 is 0 Å². The summed E-state index contributed by atoms with van der Waals surface area (Å²) in [5.41, 5.74) is 2.24. The highest BCUT2D eigenvalue weighted by Gasteiger charge is 2.17. The lowest BCUT2D eigenvalue weighted by Gasteiger charge is -2.11. The van der Waals surface area contributed by atoms with Crippen LogP contribution in [0.5, 0.6) is 0 Å². The highest BCUT2D eigenvalue weighted by atomic mass is 79.9. The molecule has 0 spiro atoms. The first-order valence-electron chi connectivity index (χ1n) is 6.25. The van der Waals surface area contributed by atoms with Gasteiger partial charge in [-0.1, -0.05) is 11.6 Å². The molecular weight excluding hydrogens is 378 g/mol. The largest absolute Gasteiger partial charge is 0.295 e. The Bertz CT molecular complexity index is 830. The maximum Gasteiger partial charge on any atom is 0.132 e. The van der Waals surface area contributed by atoms with Gasteiger partial charge in [0.05, 0.1) is 21.4 Å². The third-order valence-corrected chi connectivity index (χ3v) is 4.57. The molecule has 0 fully saturated rings. The van der Waals surface area contributed by atoms with Crippen molar-refractivity contribution >= 4 is 50.2 Å². The second kappa shape index (κ2) is 5.59. The number of hydrogen-bond acceptors (Lipinski definition) is 1. The van der Waals surface area contributed by atoms with Crippen LogP contribution in [-0.2, 0) is 0 Å². The fourth-order valence-corrected chi connectivity index (χ4v) is 2.87. The number of halogens is 4. The molecule has 0 aliphatic heterocycles. The van der Waals surface area contributed by atoms with Crippen LogP contribution in [0.25, 0.3) is 16.7 Å². The number of benzene rings is 2. The molecular formula is C15H10BrCl2FN2. The second-order valence-electron chi connectivity index (χ2n) is 4.65. The van der Waals surface area contributed by atoms with Crippen molar-refractivity contribution in [1.82, 2.24) is 9.55 Å². The number of hydrogen-bond donors (Lipinski definition) is 0. The Morgan fingerprint density at radius 1 is 1.24 bits per heavy atom. The second-order valence-corrected chi connectivity index (χ2v) is 6.57. The highest BCUT2D eigenvalue weighted by molar-refractivity contribution is 9.10. The van der Waals surface area contributed by atoms with Crippen LogP contribution in [0.3, 0.4) is 0 Å². The molecule has 3 rings (SSSR count). The van der Waals surface area contributed by atoms with E-state index in [0.29, 0.717) is 16.4 Å². The normalized spacial score (nSPS) is 12.8. The summed E-state index contributed by atoms with van der Waals surface area (Å²) in [6, 6.07) is 10.1. The van der Waals surface area contributed by atoms with E-state index in [4.69, 9.17) is 23.2 Å². The van der Waals surface area contributed by atoms with E-state index in [0.717, 1.165) is 15.7 Å². The Labute approximate surface area is 139 Å². The van der Waals surface area contributed by atoms with E-state index in [1.807, 2.05) is 23.6 Å². The Kier molecular flexibility index (Phi) is 3.95. The molecule has 2 nitrogen and oxygen atoms in total. The van der Waals surface area contributed by atoms with Gasteiger partial charge in [-0.15, -0.1) is 11.6 Å². The van der Waals surface area contributed by atoms with Crippen LogP contribution in [0.2, 0.25) is 5.02 Å². The molecule has 0 amide bonds. The molecule has 3 aromatic rings. The number of aromatic nitrogens is 2. The third-order valence-electron chi connectivity index (χ3n) is 3.16. The van der Waals surface area contributed by atoms with Gasteiger partial charge in [0.25, 0.3) is 0 Å². The van der Waals surface area contributed by atoms with Crippen LogP contribution in [0.4, 0.5) is 4.39 Å². The summed E-state index contributed by atoms with van der Waals surface area (Å²) in [5.74, 6) is 0.338. The van der Waals surface area contributed by atoms with Crippen LogP contribution >= 0.6 is 39.1 Å². The number of nitrogens with zero attached hydrogens (tertiary/aromatic N) is 2. The Morgan fingerprint density at radius 2 is 2.00 bits per heavy atom. The lowest BCUT2D eigenvalue weighted by Crippen LogP contribution is -2.01.